The fraction of sp³-hybridized carbons (Fsp3) is 0. The van der Waals surface area contributed by atoms with E-state index in [1.54, 1.807) is 41.7 Å². The van der Waals surface area contributed by atoms with Crippen molar-refractivity contribution in [1.82, 2.24) is 4.98 Å². The number of benzene rings is 3. The summed E-state index contributed by atoms with van der Waals surface area (Å²) in [5.41, 5.74) is 3.17. The lowest BCUT2D eigenvalue weighted by Crippen LogP contribution is -2.12. The number of sulfonamides is 1. The van der Waals surface area contributed by atoms with E-state index in [-0.39, 0.29) is 4.90 Å². The van der Waals surface area contributed by atoms with Crippen LogP contribution in [0, 0.1) is 0 Å². The summed E-state index contributed by atoms with van der Waals surface area (Å²) in [7, 11) is -3.69. The zero-order valence-corrected chi connectivity index (χ0v) is 16.9. The molecule has 0 unspecified atom stereocenters. The number of anilines is 1. The van der Waals surface area contributed by atoms with Gasteiger partial charge in [-0.05, 0) is 36.4 Å². The highest BCUT2D eigenvalue weighted by atomic mass is 35.5. The minimum atomic E-state index is -3.69. The number of halogens is 1. The van der Waals surface area contributed by atoms with Crippen molar-refractivity contribution in [3.05, 3.63) is 89.3 Å². The first-order valence-corrected chi connectivity index (χ1v) is 11.2. The molecule has 0 atom stereocenters. The number of hydrogen-bond acceptors (Lipinski definition) is 4. The highest BCUT2D eigenvalue weighted by Crippen LogP contribution is 2.30. The van der Waals surface area contributed by atoms with Crippen molar-refractivity contribution >= 4 is 38.6 Å². The van der Waals surface area contributed by atoms with Crippen molar-refractivity contribution in [2.75, 3.05) is 4.72 Å². The molecule has 0 radical (unpaired) electrons. The van der Waals surface area contributed by atoms with Gasteiger partial charge in [-0.1, -0.05) is 54.1 Å². The van der Waals surface area contributed by atoms with Gasteiger partial charge in [-0.2, -0.15) is 0 Å². The Bertz CT molecular complexity index is 1200. The molecule has 4 nitrogen and oxygen atoms in total. The molecule has 0 aliphatic rings. The largest absolute Gasteiger partial charge is 0.280 e. The Morgan fingerprint density at radius 1 is 0.857 bits per heavy atom. The molecule has 0 aliphatic heterocycles. The number of thiazole rings is 1. The van der Waals surface area contributed by atoms with Crippen LogP contribution < -0.4 is 4.72 Å². The summed E-state index contributed by atoms with van der Waals surface area (Å²) in [6.45, 7) is 0. The van der Waals surface area contributed by atoms with Gasteiger partial charge in [0.05, 0.1) is 10.6 Å². The second-order valence-electron chi connectivity index (χ2n) is 6.04. The molecule has 4 aromatic rings. The van der Waals surface area contributed by atoms with Crippen LogP contribution in [0.25, 0.3) is 21.8 Å². The van der Waals surface area contributed by atoms with E-state index in [9.17, 15) is 8.42 Å². The van der Waals surface area contributed by atoms with Gasteiger partial charge >= 0.3 is 0 Å². The molecular formula is C21H15ClN2O2S2. The molecule has 0 spiro atoms. The third kappa shape index (κ3) is 4.09. The van der Waals surface area contributed by atoms with Crippen molar-refractivity contribution in [3.8, 4) is 21.8 Å². The average molecular weight is 427 g/mol. The van der Waals surface area contributed by atoms with Gasteiger partial charge in [0.15, 0.2) is 0 Å². The Labute approximate surface area is 172 Å². The standard InChI is InChI=1S/C21H15ClN2O2S2/c22-17-9-11-19(12-10-17)28(25,26)24-18-8-4-7-16(13-18)20-14-27-21(23-20)15-5-2-1-3-6-15/h1-14,24H. The Kier molecular flexibility index (Phi) is 5.17. The first kappa shape index (κ1) is 18.7. The summed E-state index contributed by atoms with van der Waals surface area (Å²) in [6, 6.07) is 23.2. The quantitative estimate of drug-likeness (QED) is 0.430. The van der Waals surface area contributed by atoms with Crippen LogP contribution in [0.5, 0.6) is 0 Å². The lowest BCUT2D eigenvalue weighted by molar-refractivity contribution is 0.601. The van der Waals surface area contributed by atoms with E-state index in [0.29, 0.717) is 10.7 Å². The van der Waals surface area contributed by atoms with Crippen molar-refractivity contribution in [3.63, 3.8) is 0 Å². The van der Waals surface area contributed by atoms with E-state index in [1.165, 1.54) is 12.1 Å². The fourth-order valence-corrected chi connectivity index (χ4v) is 4.70. The van der Waals surface area contributed by atoms with Crippen LogP contribution >= 0.6 is 22.9 Å². The lowest BCUT2D eigenvalue weighted by Gasteiger charge is -2.09. The summed E-state index contributed by atoms with van der Waals surface area (Å²) >= 11 is 7.39. The molecule has 0 bridgehead atoms. The maximum Gasteiger partial charge on any atom is 0.261 e. The first-order chi connectivity index (χ1) is 13.5. The monoisotopic (exact) mass is 426 g/mol. The summed E-state index contributed by atoms with van der Waals surface area (Å²) in [5, 5.41) is 3.37. The number of aromatic nitrogens is 1. The van der Waals surface area contributed by atoms with E-state index in [0.717, 1.165) is 21.8 Å². The molecule has 0 aliphatic carbocycles. The maximum atomic E-state index is 12.6. The third-order valence-corrected chi connectivity index (χ3v) is 6.60. The van der Waals surface area contributed by atoms with Gasteiger partial charge in [0.2, 0.25) is 0 Å². The molecule has 1 N–H and O–H groups in total. The predicted octanol–water partition coefficient (Wildman–Crippen LogP) is 5.93. The van der Waals surface area contributed by atoms with Crippen LogP contribution in [0.4, 0.5) is 5.69 Å². The van der Waals surface area contributed by atoms with E-state index in [2.05, 4.69) is 9.71 Å². The van der Waals surface area contributed by atoms with E-state index in [4.69, 9.17) is 11.6 Å². The summed E-state index contributed by atoms with van der Waals surface area (Å²) in [6.07, 6.45) is 0. The predicted molar refractivity (Wildman–Crippen MR) is 115 cm³/mol. The number of nitrogens with one attached hydrogen (secondary N) is 1. The molecule has 7 heteroatoms. The Morgan fingerprint density at radius 2 is 1.57 bits per heavy atom. The molecule has 140 valence electrons. The van der Waals surface area contributed by atoms with Crippen molar-refractivity contribution < 1.29 is 8.42 Å². The van der Waals surface area contributed by atoms with Crippen molar-refractivity contribution in [2.45, 2.75) is 4.90 Å². The zero-order chi connectivity index (χ0) is 19.6. The number of hydrogen-bond donors (Lipinski definition) is 1. The lowest BCUT2D eigenvalue weighted by atomic mass is 10.1. The van der Waals surface area contributed by atoms with E-state index in [1.807, 2.05) is 41.8 Å². The smallest absolute Gasteiger partial charge is 0.261 e. The molecule has 0 amide bonds. The normalized spacial score (nSPS) is 11.3. The molecule has 28 heavy (non-hydrogen) atoms. The van der Waals surface area contributed by atoms with Gasteiger partial charge in [-0.3, -0.25) is 4.72 Å². The van der Waals surface area contributed by atoms with Crippen LogP contribution in [0.3, 0.4) is 0 Å². The highest BCUT2D eigenvalue weighted by Gasteiger charge is 2.15. The first-order valence-electron chi connectivity index (χ1n) is 8.41. The summed E-state index contributed by atoms with van der Waals surface area (Å²) in [5.74, 6) is 0. The van der Waals surface area contributed by atoms with Crippen LogP contribution in [-0.2, 0) is 10.0 Å². The van der Waals surface area contributed by atoms with Crippen LogP contribution in [0.1, 0.15) is 0 Å². The Hall–Kier alpha value is -2.67. The van der Waals surface area contributed by atoms with Crippen LogP contribution in [-0.4, -0.2) is 13.4 Å². The van der Waals surface area contributed by atoms with Crippen LogP contribution in [0.15, 0.2) is 89.1 Å². The molecular weight excluding hydrogens is 412 g/mol. The SMILES string of the molecule is O=S(=O)(Nc1cccc(-c2csc(-c3ccccc3)n2)c1)c1ccc(Cl)cc1. The Morgan fingerprint density at radius 3 is 2.32 bits per heavy atom. The van der Waals surface area contributed by atoms with E-state index >= 15 is 0 Å². The fourth-order valence-electron chi connectivity index (χ4n) is 2.69. The molecule has 0 fully saturated rings. The molecule has 3 aromatic carbocycles. The van der Waals surface area contributed by atoms with Gasteiger partial charge in [-0.15, -0.1) is 11.3 Å². The van der Waals surface area contributed by atoms with Crippen LogP contribution in [0.2, 0.25) is 5.02 Å². The average Bonchev–Trinajstić information content (AvgIpc) is 3.19. The van der Waals surface area contributed by atoms with Gasteiger partial charge in [0.1, 0.15) is 5.01 Å². The molecule has 0 saturated heterocycles. The molecule has 1 heterocycles. The second-order valence-corrected chi connectivity index (χ2v) is 9.02. The van der Waals surface area contributed by atoms with Gasteiger partial charge < -0.3 is 0 Å². The van der Waals surface area contributed by atoms with Gasteiger partial charge in [0.25, 0.3) is 10.0 Å². The minimum absolute atomic E-state index is 0.155. The highest BCUT2D eigenvalue weighted by molar-refractivity contribution is 7.92. The number of rotatable bonds is 5. The minimum Gasteiger partial charge on any atom is -0.280 e. The zero-order valence-electron chi connectivity index (χ0n) is 14.5. The summed E-state index contributed by atoms with van der Waals surface area (Å²) in [4.78, 5) is 4.84. The van der Waals surface area contributed by atoms with E-state index < -0.39 is 10.0 Å². The maximum absolute atomic E-state index is 12.6. The van der Waals surface area contributed by atoms with Crippen molar-refractivity contribution in [2.24, 2.45) is 0 Å². The molecule has 1 aromatic heterocycles. The van der Waals surface area contributed by atoms with Gasteiger partial charge in [0, 0.05) is 27.2 Å². The third-order valence-electron chi connectivity index (χ3n) is 4.06. The van der Waals surface area contributed by atoms with Crippen molar-refractivity contribution in [1.29, 1.82) is 0 Å². The molecule has 0 saturated carbocycles. The second kappa shape index (κ2) is 7.75. The topological polar surface area (TPSA) is 59.1 Å². The summed E-state index contributed by atoms with van der Waals surface area (Å²) < 4.78 is 27.8. The van der Waals surface area contributed by atoms with Gasteiger partial charge in [-0.25, -0.2) is 13.4 Å². The molecule has 4 rings (SSSR count). The number of nitrogens with zero attached hydrogens (tertiary/aromatic N) is 1. The Balaban J connectivity index is 1.60.